The Kier molecular flexibility index (Phi) is 6.60. The number of carbonyl (C=O) groups excluding carboxylic acids is 2. The van der Waals surface area contributed by atoms with E-state index in [1.807, 2.05) is 38.1 Å². The zero-order valence-electron chi connectivity index (χ0n) is 15.3. The van der Waals surface area contributed by atoms with Gasteiger partial charge in [-0.25, -0.2) is 0 Å². The highest BCUT2D eigenvalue weighted by Crippen LogP contribution is 2.24. The summed E-state index contributed by atoms with van der Waals surface area (Å²) in [6.07, 6.45) is 0.689. The highest BCUT2D eigenvalue weighted by atomic mass is 16.5. The molecule has 0 fully saturated rings. The van der Waals surface area contributed by atoms with Crippen molar-refractivity contribution in [3.63, 3.8) is 0 Å². The van der Waals surface area contributed by atoms with Crippen molar-refractivity contribution in [2.24, 2.45) is 0 Å². The van der Waals surface area contributed by atoms with E-state index >= 15 is 0 Å². The molecule has 0 aliphatic heterocycles. The molecule has 0 unspecified atom stereocenters. The number of hydrogen-bond acceptors (Lipinski definition) is 4. The van der Waals surface area contributed by atoms with Crippen molar-refractivity contribution in [2.45, 2.75) is 20.3 Å². The van der Waals surface area contributed by atoms with Gasteiger partial charge in [-0.05, 0) is 43.2 Å². The molecule has 2 aromatic carbocycles. The van der Waals surface area contributed by atoms with E-state index in [-0.39, 0.29) is 23.8 Å². The molecule has 6 nitrogen and oxygen atoms in total. The predicted octanol–water partition coefficient (Wildman–Crippen LogP) is 3.20. The van der Waals surface area contributed by atoms with Crippen molar-refractivity contribution in [1.29, 1.82) is 0 Å². The Morgan fingerprint density at radius 3 is 2.58 bits per heavy atom. The number of aryl methyl sites for hydroxylation is 1. The summed E-state index contributed by atoms with van der Waals surface area (Å²) in [5.41, 5.74) is 1.77. The summed E-state index contributed by atoms with van der Waals surface area (Å²) in [5.74, 6) is -0.380. The maximum Gasteiger partial charge on any atom is 0.258 e. The van der Waals surface area contributed by atoms with Crippen molar-refractivity contribution in [1.82, 2.24) is 4.90 Å². The fraction of sp³-hybridized carbons (Fsp3) is 0.300. The summed E-state index contributed by atoms with van der Waals surface area (Å²) in [6.45, 7) is 4.12. The van der Waals surface area contributed by atoms with E-state index in [2.05, 4.69) is 5.32 Å². The van der Waals surface area contributed by atoms with Crippen LogP contribution in [0.5, 0.6) is 11.5 Å². The van der Waals surface area contributed by atoms with E-state index in [1.54, 1.807) is 6.07 Å². The Bertz CT molecular complexity index is 789. The Morgan fingerprint density at radius 2 is 1.92 bits per heavy atom. The molecule has 2 aromatic rings. The molecule has 0 atom stereocenters. The van der Waals surface area contributed by atoms with Gasteiger partial charge in [-0.3, -0.25) is 9.59 Å². The van der Waals surface area contributed by atoms with Gasteiger partial charge in [0.2, 0.25) is 5.91 Å². The Labute approximate surface area is 153 Å². The number of ether oxygens (including phenoxy) is 1. The summed E-state index contributed by atoms with van der Waals surface area (Å²) >= 11 is 0. The minimum absolute atomic E-state index is 0.0995. The molecule has 2 N–H and O–H groups in total. The minimum atomic E-state index is -0.414. The third-order valence-corrected chi connectivity index (χ3v) is 3.97. The third kappa shape index (κ3) is 4.75. The highest BCUT2D eigenvalue weighted by Gasteiger charge is 2.21. The lowest BCUT2D eigenvalue weighted by molar-refractivity contribution is -0.116. The summed E-state index contributed by atoms with van der Waals surface area (Å²) in [5, 5.41) is 12.8. The van der Waals surface area contributed by atoms with Gasteiger partial charge in [-0.1, -0.05) is 25.1 Å². The highest BCUT2D eigenvalue weighted by molar-refractivity contribution is 6.01. The van der Waals surface area contributed by atoms with Crippen molar-refractivity contribution in [3.8, 4) is 11.5 Å². The van der Waals surface area contributed by atoms with Crippen molar-refractivity contribution >= 4 is 17.5 Å². The number of phenolic OH excluding ortho intramolecular Hbond substituents is 1. The van der Waals surface area contributed by atoms with Gasteiger partial charge in [0.05, 0.1) is 12.7 Å². The Hall–Kier alpha value is -3.02. The average Bonchev–Trinajstić information content (AvgIpc) is 2.63. The summed E-state index contributed by atoms with van der Waals surface area (Å²) in [4.78, 5) is 26.6. The number of aromatic hydroxyl groups is 1. The standard InChI is InChI=1S/C20H24N2O4/c1-4-11-22(13-19(24)21-17-8-6-5-7-14(17)2)20(25)16-12-15(26-3)9-10-18(16)23/h5-10,12,23H,4,11,13H2,1-3H3,(H,21,24). The molecule has 0 heterocycles. The van der Waals surface area contributed by atoms with Crippen LogP contribution >= 0.6 is 0 Å². The molecule has 0 bridgehead atoms. The molecule has 26 heavy (non-hydrogen) atoms. The fourth-order valence-electron chi connectivity index (χ4n) is 2.58. The van der Waals surface area contributed by atoms with Gasteiger partial charge < -0.3 is 20.1 Å². The van der Waals surface area contributed by atoms with Crippen LogP contribution in [0.1, 0.15) is 29.3 Å². The number of nitrogens with one attached hydrogen (secondary N) is 1. The first-order valence-corrected chi connectivity index (χ1v) is 8.48. The van der Waals surface area contributed by atoms with E-state index in [9.17, 15) is 14.7 Å². The van der Waals surface area contributed by atoms with E-state index < -0.39 is 5.91 Å². The van der Waals surface area contributed by atoms with Crippen LogP contribution < -0.4 is 10.1 Å². The topological polar surface area (TPSA) is 78.9 Å². The third-order valence-electron chi connectivity index (χ3n) is 3.97. The number of methoxy groups -OCH3 is 1. The van der Waals surface area contributed by atoms with Crippen molar-refractivity contribution in [2.75, 3.05) is 25.5 Å². The van der Waals surface area contributed by atoms with Crippen LogP contribution in [0, 0.1) is 6.92 Å². The van der Waals surface area contributed by atoms with E-state index in [1.165, 1.54) is 24.1 Å². The van der Waals surface area contributed by atoms with Gasteiger partial charge in [-0.15, -0.1) is 0 Å². The summed E-state index contributed by atoms with van der Waals surface area (Å²) in [6, 6.07) is 11.9. The first kappa shape index (κ1) is 19.3. The van der Waals surface area contributed by atoms with Gasteiger partial charge in [0.25, 0.3) is 5.91 Å². The second kappa shape index (κ2) is 8.89. The molecule has 0 spiro atoms. The molecule has 138 valence electrons. The zero-order chi connectivity index (χ0) is 19.1. The van der Waals surface area contributed by atoms with E-state index in [0.29, 0.717) is 24.4 Å². The van der Waals surface area contributed by atoms with Crippen LogP contribution in [0.15, 0.2) is 42.5 Å². The molecule has 0 aromatic heterocycles. The lowest BCUT2D eigenvalue weighted by atomic mass is 10.1. The molecule has 2 rings (SSSR count). The van der Waals surface area contributed by atoms with Crippen molar-refractivity contribution < 1.29 is 19.4 Å². The molecule has 0 aliphatic rings. The van der Waals surface area contributed by atoms with E-state index in [4.69, 9.17) is 4.74 Å². The lowest BCUT2D eigenvalue weighted by Gasteiger charge is -2.22. The molecular formula is C20H24N2O4. The summed E-state index contributed by atoms with van der Waals surface area (Å²) < 4.78 is 5.11. The number of nitrogens with zero attached hydrogens (tertiary/aromatic N) is 1. The number of phenols is 1. The number of benzene rings is 2. The fourth-order valence-corrected chi connectivity index (χ4v) is 2.58. The van der Waals surface area contributed by atoms with Gasteiger partial charge in [0, 0.05) is 12.2 Å². The lowest BCUT2D eigenvalue weighted by Crippen LogP contribution is -2.38. The number of amides is 2. The number of carbonyl (C=O) groups is 2. The van der Waals surface area contributed by atoms with Crippen LogP contribution in [-0.2, 0) is 4.79 Å². The van der Waals surface area contributed by atoms with Crippen LogP contribution in [0.3, 0.4) is 0 Å². The van der Waals surface area contributed by atoms with Crippen LogP contribution in [0.2, 0.25) is 0 Å². The second-order valence-corrected chi connectivity index (χ2v) is 5.97. The normalized spacial score (nSPS) is 10.3. The maximum absolute atomic E-state index is 12.8. The minimum Gasteiger partial charge on any atom is -0.507 e. The first-order valence-electron chi connectivity index (χ1n) is 8.48. The number of rotatable bonds is 7. The summed E-state index contributed by atoms with van der Waals surface area (Å²) in [7, 11) is 1.49. The smallest absolute Gasteiger partial charge is 0.258 e. The van der Waals surface area contributed by atoms with Crippen LogP contribution in [0.4, 0.5) is 5.69 Å². The van der Waals surface area contributed by atoms with Gasteiger partial charge in [-0.2, -0.15) is 0 Å². The Morgan fingerprint density at radius 1 is 1.19 bits per heavy atom. The SMILES string of the molecule is CCCN(CC(=O)Nc1ccccc1C)C(=O)c1cc(OC)ccc1O. The first-order chi connectivity index (χ1) is 12.5. The molecular weight excluding hydrogens is 332 g/mol. The molecule has 0 aliphatic carbocycles. The molecule has 0 saturated carbocycles. The van der Waals surface area contributed by atoms with Gasteiger partial charge in [0.15, 0.2) is 0 Å². The molecule has 6 heteroatoms. The van der Waals surface area contributed by atoms with E-state index in [0.717, 1.165) is 5.56 Å². The average molecular weight is 356 g/mol. The monoisotopic (exact) mass is 356 g/mol. The number of para-hydroxylation sites is 1. The van der Waals surface area contributed by atoms with Crippen molar-refractivity contribution in [3.05, 3.63) is 53.6 Å². The zero-order valence-corrected chi connectivity index (χ0v) is 15.3. The quantitative estimate of drug-likeness (QED) is 0.798. The molecule has 0 saturated heterocycles. The second-order valence-electron chi connectivity index (χ2n) is 5.97. The maximum atomic E-state index is 12.8. The largest absolute Gasteiger partial charge is 0.507 e. The van der Waals surface area contributed by atoms with Gasteiger partial charge in [0.1, 0.15) is 18.0 Å². The number of anilines is 1. The predicted molar refractivity (Wildman–Crippen MR) is 101 cm³/mol. The van der Waals surface area contributed by atoms with Crippen LogP contribution in [0.25, 0.3) is 0 Å². The number of hydrogen-bond donors (Lipinski definition) is 2. The molecule has 2 amide bonds. The Balaban J connectivity index is 2.16. The van der Waals surface area contributed by atoms with Crippen LogP contribution in [-0.4, -0.2) is 42.0 Å². The van der Waals surface area contributed by atoms with Gasteiger partial charge >= 0.3 is 0 Å². The molecule has 0 radical (unpaired) electrons.